The van der Waals surface area contributed by atoms with Crippen LogP contribution in [0.2, 0.25) is 0 Å². The Morgan fingerprint density at radius 2 is 2.00 bits per heavy atom. The van der Waals surface area contributed by atoms with E-state index in [1.54, 1.807) is 47.5 Å². The summed E-state index contributed by atoms with van der Waals surface area (Å²) in [6.07, 6.45) is 5.18. The van der Waals surface area contributed by atoms with Crippen LogP contribution in [-0.2, 0) is 11.3 Å². The predicted octanol–water partition coefficient (Wildman–Crippen LogP) is 3.34. The number of amides is 2. The van der Waals surface area contributed by atoms with Crippen LogP contribution in [0.1, 0.15) is 19.4 Å². The lowest BCUT2D eigenvalue weighted by Gasteiger charge is -2.37. The van der Waals surface area contributed by atoms with Crippen molar-refractivity contribution in [3.8, 4) is 5.82 Å². The number of ether oxygens (including phenoxy) is 1. The number of anilines is 2. The van der Waals surface area contributed by atoms with Crippen molar-refractivity contribution in [3.63, 3.8) is 0 Å². The third-order valence-electron chi connectivity index (χ3n) is 4.99. The Kier molecular flexibility index (Phi) is 6.13. The van der Waals surface area contributed by atoms with Crippen LogP contribution in [0.15, 0.2) is 55.0 Å². The Labute approximate surface area is 180 Å². The maximum atomic E-state index is 14.7. The number of morpholine rings is 1. The first kappa shape index (κ1) is 20.8. The van der Waals surface area contributed by atoms with Crippen LogP contribution in [0.3, 0.4) is 0 Å². The molecule has 1 fully saturated rings. The molecule has 9 heteroatoms. The second-order valence-electron chi connectivity index (χ2n) is 7.57. The summed E-state index contributed by atoms with van der Waals surface area (Å²) >= 11 is 0. The molecule has 1 saturated heterocycles. The summed E-state index contributed by atoms with van der Waals surface area (Å²) in [5, 5.41) is 9.64. The Morgan fingerprint density at radius 1 is 1.19 bits per heavy atom. The van der Waals surface area contributed by atoms with Crippen LogP contribution in [0, 0.1) is 5.82 Å². The molecule has 162 valence electrons. The molecule has 8 nitrogen and oxygen atoms in total. The van der Waals surface area contributed by atoms with Crippen LogP contribution >= 0.6 is 0 Å². The lowest BCUT2D eigenvalue weighted by molar-refractivity contribution is -0.00539. The lowest BCUT2D eigenvalue weighted by atomic mass is 10.2. The van der Waals surface area contributed by atoms with E-state index in [1.807, 2.05) is 24.8 Å². The van der Waals surface area contributed by atoms with E-state index in [-0.39, 0.29) is 24.6 Å². The van der Waals surface area contributed by atoms with E-state index in [9.17, 15) is 9.18 Å². The molecule has 3 aromatic rings. The van der Waals surface area contributed by atoms with Gasteiger partial charge in [-0.15, -0.1) is 0 Å². The van der Waals surface area contributed by atoms with Gasteiger partial charge in [0.15, 0.2) is 5.82 Å². The van der Waals surface area contributed by atoms with E-state index < -0.39 is 6.03 Å². The van der Waals surface area contributed by atoms with Gasteiger partial charge >= 0.3 is 6.03 Å². The van der Waals surface area contributed by atoms with Gasteiger partial charge in [-0.2, -0.15) is 5.10 Å². The molecule has 0 aliphatic carbocycles. The molecule has 3 heterocycles. The number of nitrogens with one attached hydrogen (secondary N) is 2. The summed E-state index contributed by atoms with van der Waals surface area (Å²) < 4.78 is 22.1. The zero-order valence-corrected chi connectivity index (χ0v) is 17.5. The Morgan fingerprint density at radius 3 is 2.71 bits per heavy atom. The summed E-state index contributed by atoms with van der Waals surface area (Å²) in [4.78, 5) is 18.6. The zero-order valence-electron chi connectivity index (χ0n) is 17.5. The highest BCUT2D eigenvalue weighted by Gasteiger charge is 2.24. The highest BCUT2D eigenvalue weighted by molar-refractivity contribution is 5.89. The number of hydrogen-bond donors (Lipinski definition) is 2. The zero-order chi connectivity index (χ0) is 21.8. The van der Waals surface area contributed by atoms with Crippen LogP contribution in [0.25, 0.3) is 5.82 Å². The number of aromatic nitrogens is 3. The molecule has 0 bridgehead atoms. The van der Waals surface area contributed by atoms with Gasteiger partial charge in [0.05, 0.1) is 17.9 Å². The molecule has 31 heavy (non-hydrogen) atoms. The van der Waals surface area contributed by atoms with Gasteiger partial charge in [-0.3, -0.25) is 0 Å². The summed E-state index contributed by atoms with van der Waals surface area (Å²) in [5.41, 5.74) is 1.69. The molecule has 1 aliphatic rings. The summed E-state index contributed by atoms with van der Waals surface area (Å²) in [6, 6.07) is 9.74. The van der Waals surface area contributed by atoms with E-state index >= 15 is 0 Å². The number of pyridine rings is 1. The molecule has 0 unspecified atom stereocenters. The number of rotatable bonds is 5. The van der Waals surface area contributed by atoms with Crippen molar-refractivity contribution in [2.45, 2.75) is 32.6 Å². The number of nitrogens with zero attached hydrogens (tertiary/aromatic N) is 4. The number of halogens is 1. The highest BCUT2D eigenvalue weighted by atomic mass is 19.1. The third-order valence-corrected chi connectivity index (χ3v) is 4.99. The molecule has 2 N–H and O–H groups in total. The number of carbonyl (C=O) groups excluding carboxylic acids is 1. The molecule has 2 aromatic heterocycles. The van der Waals surface area contributed by atoms with Crippen molar-refractivity contribution in [2.24, 2.45) is 0 Å². The van der Waals surface area contributed by atoms with Crippen molar-refractivity contribution in [1.29, 1.82) is 0 Å². The minimum Gasteiger partial charge on any atom is -0.372 e. The number of benzene rings is 1. The molecule has 1 aromatic carbocycles. The van der Waals surface area contributed by atoms with Gasteiger partial charge in [0.1, 0.15) is 5.82 Å². The van der Waals surface area contributed by atoms with Gasteiger partial charge in [0.2, 0.25) is 0 Å². The first-order valence-corrected chi connectivity index (χ1v) is 10.2. The predicted molar refractivity (Wildman–Crippen MR) is 116 cm³/mol. The molecule has 2 atom stereocenters. The van der Waals surface area contributed by atoms with Crippen LogP contribution in [0.5, 0.6) is 0 Å². The maximum absolute atomic E-state index is 14.7. The molecule has 0 radical (unpaired) electrons. The fraction of sp³-hybridized carbons (Fsp3) is 0.318. The normalized spacial score (nSPS) is 18.6. The van der Waals surface area contributed by atoms with E-state index in [0.29, 0.717) is 30.3 Å². The fourth-order valence-electron chi connectivity index (χ4n) is 3.74. The number of urea groups is 1. The van der Waals surface area contributed by atoms with Crippen LogP contribution < -0.4 is 15.5 Å². The van der Waals surface area contributed by atoms with E-state index in [4.69, 9.17) is 4.74 Å². The Bertz CT molecular complexity index is 1030. The van der Waals surface area contributed by atoms with Crippen LogP contribution in [-0.4, -0.2) is 46.1 Å². The Hall–Kier alpha value is -3.46. The lowest BCUT2D eigenvalue weighted by Crippen LogP contribution is -2.45. The minimum atomic E-state index is -0.434. The second kappa shape index (κ2) is 9.13. The summed E-state index contributed by atoms with van der Waals surface area (Å²) in [6.45, 7) is 5.44. The van der Waals surface area contributed by atoms with Gasteiger partial charge in [0.25, 0.3) is 0 Å². The molecule has 4 rings (SSSR count). The summed E-state index contributed by atoms with van der Waals surface area (Å²) in [7, 11) is 0. The average Bonchev–Trinajstić information content (AvgIpc) is 3.26. The van der Waals surface area contributed by atoms with Gasteiger partial charge < -0.3 is 20.3 Å². The van der Waals surface area contributed by atoms with Gasteiger partial charge in [-0.05, 0) is 44.2 Å². The van der Waals surface area contributed by atoms with Crippen LogP contribution in [0.4, 0.5) is 20.6 Å². The molecule has 1 aliphatic heterocycles. The second-order valence-corrected chi connectivity index (χ2v) is 7.57. The van der Waals surface area contributed by atoms with Gasteiger partial charge in [-0.25, -0.2) is 18.9 Å². The molecule has 0 spiro atoms. The standard InChI is InChI=1S/C22H25FN6O2/c1-15-13-28(14-16(2)31-15)20-7-6-18(11-19(20)23)27-22(30)25-12-17-5-3-8-24-21(17)29-10-4-9-26-29/h3-11,15-16H,12-14H2,1-2H3,(H2,25,27,30)/t15-,16-/m0/s1. The topological polar surface area (TPSA) is 84.3 Å². The third kappa shape index (κ3) is 5.00. The maximum Gasteiger partial charge on any atom is 0.319 e. The monoisotopic (exact) mass is 424 g/mol. The average molecular weight is 424 g/mol. The fourth-order valence-corrected chi connectivity index (χ4v) is 3.74. The molecular formula is C22H25FN6O2. The van der Waals surface area contributed by atoms with E-state index in [2.05, 4.69) is 20.7 Å². The number of carbonyl (C=O) groups is 1. The highest BCUT2D eigenvalue weighted by Crippen LogP contribution is 2.26. The van der Waals surface area contributed by atoms with Crippen molar-refractivity contribution < 1.29 is 13.9 Å². The van der Waals surface area contributed by atoms with Crippen molar-refractivity contribution >= 4 is 17.4 Å². The Balaban J connectivity index is 1.38. The van der Waals surface area contributed by atoms with Gasteiger partial charge in [-0.1, -0.05) is 6.07 Å². The molecule has 0 saturated carbocycles. The first-order chi connectivity index (χ1) is 15.0. The first-order valence-electron chi connectivity index (χ1n) is 10.2. The quantitative estimate of drug-likeness (QED) is 0.656. The van der Waals surface area contributed by atoms with Crippen molar-refractivity contribution in [2.75, 3.05) is 23.3 Å². The van der Waals surface area contributed by atoms with E-state index in [0.717, 1.165) is 5.56 Å². The van der Waals surface area contributed by atoms with Crippen molar-refractivity contribution in [1.82, 2.24) is 20.1 Å². The smallest absolute Gasteiger partial charge is 0.319 e. The van der Waals surface area contributed by atoms with Crippen molar-refractivity contribution in [3.05, 3.63) is 66.4 Å². The minimum absolute atomic E-state index is 0.0332. The summed E-state index contributed by atoms with van der Waals surface area (Å²) in [5.74, 6) is 0.254. The number of hydrogen-bond acceptors (Lipinski definition) is 5. The molecular weight excluding hydrogens is 399 g/mol. The van der Waals surface area contributed by atoms with Gasteiger partial charge in [0, 0.05) is 49.5 Å². The van der Waals surface area contributed by atoms with E-state index in [1.165, 1.54) is 6.07 Å². The SMILES string of the molecule is C[C@H]1CN(c2ccc(NC(=O)NCc3cccnc3-n3cccn3)cc2F)C[C@H](C)O1. The largest absolute Gasteiger partial charge is 0.372 e. The molecule has 2 amide bonds.